The van der Waals surface area contributed by atoms with Gasteiger partial charge in [0.2, 0.25) is 0 Å². The number of benzene rings is 3. The van der Waals surface area contributed by atoms with E-state index >= 15 is 0 Å². The van der Waals surface area contributed by atoms with Crippen molar-refractivity contribution >= 4 is 23.2 Å². The summed E-state index contributed by atoms with van der Waals surface area (Å²) in [5, 5.41) is 4.09. The van der Waals surface area contributed by atoms with Gasteiger partial charge in [0.15, 0.2) is 11.5 Å². The summed E-state index contributed by atoms with van der Waals surface area (Å²) in [5.74, 6) is 1.36. The second-order valence-corrected chi connectivity index (χ2v) is 7.36. The number of para-hydroxylation sites is 1. The Morgan fingerprint density at radius 1 is 0.833 bits per heavy atom. The average Bonchev–Trinajstić information content (AvgIpc) is 2.74. The van der Waals surface area contributed by atoms with Crippen LogP contribution in [-0.4, -0.2) is 14.2 Å². The highest BCUT2D eigenvalue weighted by atomic mass is 35.5. The summed E-state index contributed by atoms with van der Waals surface area (Å²) in [6.45, 7) is 1.37. The summed E-state index contributed by atoms with van der Waals surface area (Å²) in [5.41, 5.74) is 2.66. The van der Waals surface area contributed by atoms with Gasteiger partial charge in [-0.25, -0.2) is 4.39 Å². The van der Waals surface area contributed by atoms with Crippen molar-refractivity contribution in [2.75, 3.05) is 14.2 Å². The number of ether oxygens (including phenoxy) is 3. The van der Waals surface area contributed by atoms with Crippen LogP contribution in [0, 0.1) is 5.82 Å². The summed E-state index contributed by atoms with van der Waals surface area (Å²) in [4.78, 5) is 0. The molecule has 158 valence electrons. The normalized spacial score (nSPS) is 10.7. The molecule has 0 radical (unpaired) electrons. The second-order valence-electron chi connectivity index (χ2n) is 6.55. The molecule has 1 N–H and O–H groups in total. The maximum Gasteiger partial charge on any atom is 0.180 e. The molecular formula is C23H22Cl2FNO3. The fourth-order valence-electron chi connectivity index (χ4n) is 2.99. The van der Waals surface area contributed by atoms with Gasteiger partial charge in [0.1, 0.15) is 18.2 Å². The molecule has 0 heterocycles. The number of methoxy groups -OCH3 is 2. The third-order valence-corrected chi connectivity index (χ3v) is 5.15. The first kappa shape index (κ1) is 22.2. The van der Waals surface area contributed by atoms with Crippen LogP contribution in [0.1, 0.15) is 16.7 Å². The minimum absolute atomic E-state index is 0.139. The fraction of sp³-hybridized carbons (Fsp3) is 0.217. The predicted octanol–water partition coefficient (Wildman–Crippen LogP) is 6.02. The summed E-state index contributed by atoms with van der Waals surface area (Å²) in [6, 6.07) is 15.7. The molecular weight excluding hydrogens is 428 g/mol. The molecule has 0 fully saturated rings. The molecule has 0 spiro atoms. The molecule has 4 nitrogen and oxygen atoms in total. The second kappa shape index (κ2) is 10.5. The molecule has 0 unspecified atom stereocenters. The van der Waals surface area contributed by atoms with Crippen molar-refractivity contribution in [1.29, 1.82) is 0 Å². The van der Waals surface area contributed by atoms with Crippen LogP contribution in [0.15, 0.2) is 54.6 Å². The van der Waals surface area contributed by atoms with Gasteiger partial charge in [-0.05, 0) is 35.9 Å². The van der Waals surface area contributed by atoms with E-state index in [0.717, 1.165) is 16.9 Å². The Kier molecular flexibility index (Phi) is 7.80. The summed E-state index contributed by atoms with van der Waals surface area (Å²) < 4.78 is 29.9. The van der Waals surface area contributed by atoms with E-state index in [0.29, 0.717) is 40.2 Å². The third-order valence-electron chi connectivity index (χ3n) is 4.51. The van der Waals surface area contributed by atoms with E-state index in [1.54, 1.807) is 20.3 Å². The van der Waals surface area contributed by atoms with E-state index in [1.807, 2.05) is 36.4 Å². The number of rotatable bonds is 9. The summed E-state index contributed by atoms with van der Waals surface area (Å²) in [7, 11) is 3.21. The van der Waals surface area contributed by atoms with Crippen LogP contribution in [-0.2, 0) is 19.7 Å². The first-order valence-electron chi connectivity index (χ1n) is 9.27. The largest absolute Gasteiger partial charge is 0.496 e. The van der Waals surface area contributed by atoms with Crippen LogP contribution in [0.5, 0.6) is 17.2 Å². The Hall–Kier alpha value is -2.47. The zero-order valence-electron chi connectivity index (χ0n) is 16.7. The zero-order valence-corrected chi connectivity index (χ0v) is 18.2. The third kappa shape index (κ3) is 5.57. The molecule has 0 saturated carbocycles. The fourth-order valence-corrected chi connectivity index (χ4v) is 3.50. The monoisotopic (exact) mass is 449 g/mol. The van der Waals surface area contributed by atoms with E-state index in [9.17, 15) is 4.39 Å². The minimum Gasteiger partial charge on any atom is -0.496 e. The molecule has 3 aromatic carbocycles. The van der Waals surface area contributed by atoms with Gasteiger partial charge < -0.3 is 19.5 Å². The zero-order chi connectivity index (χ0) is 21.5. The molecule has 3 rings (SSSR count). The number of halogens is 3. The number of hydrogen-bond donors (Lipinski definition) is 1. The van der Waals surface area contributed by atoms with Gasteiger partial charge in [-0.2, -0.15) is 0 Å². The van der Waals surface area contributed by atoms with Gasteiger partial charge in [0.05, 0.1) is 24.3 Å². The maximum atomic E-state index is 13.2. The Balaban J connectivity index is 1.67. The van der Waals surface area contributed by atoms with Gasteiger partial charge in [-0.15, -0.1) is 0 Å². The van der Waals surface area contributed by atoms with Crippen LogP contribution in [0.2, 0.25) is 10.0 Å². The first-order chi connectivity index (χ1) is 14.5. The molecule has 0 aliphatic carbocycles. The highest BCUT2D eigenvalue weighted by molar-refractivity contribution is 6.32. The van der Waals surface area contributed by atoms with Crippen LogP contribution in [0.25, 0.3) is 0 Å². The lowest BCUT2D eigenvalue weighted by Gasteiger charge is -2.15. The Morgan fingerprint density at radius 2 is 1.60 bits per heavy atom. The van der Waals surface area contributed by atoms with Crippen molar-refractivity contribution in [1.82, 2.24) is 5.32 Å². The topological polar surface area (TPSA) is 39.7 Å². The van der Waals surface area contributed by atoms with Gasteiger partial charge in [-0.1, -0.05) is 47.5 Å². The molecule has 0 aromatic heterocycles. The van der Waals surface area contributed by atoms with Gasteiger partial charge >= 0.3 is 0 Å². The molecule has 7 heteroatoms. The van der Waals surface area contributed by atoms with E-state index < -0.39 is 5.82 Å². The highest BCUT2D eigenvalue weighted by Crippen LogP contribution is 2.37. The molecule has 0 amide bonds. The van der Waals surface area contributed by atoms with Crippen LogP contribution < -0.4 is 19.5 Å². The lowest BCUT2D eigenvalue weighted by molar-refractivity contribution is 0.284. The molecule has 3 aromatic rings. The summed E-state index contributed by atoms with van der Waals surface area (Å²) in [6.07, 6.45) is 0. The number of hydrogen-bond acceptors (Lipinski definition) is 4. The van der Waals surface area contributed by atoms with Crippen molar-refractivity contribution < 1.29 is 18.6 Å². The lowest BCUT2D eigenvalue weighted by atomic mass is 10.1. The van der Waals surface area contributed by atoms with E-state index in [4.69, 9.17) is 37.4 Å². The molecule has 0 aliphatic rings. The van der Waals surface area contributed by atoms with Crippen LogP contribution in [0.3, 0.4) is 0 Å². The van der Waals surface area contributed by atoms with Crippen molar-refractivity contribution in [3.63, 3.8) is 0 Å². The SMILES string of the molecule is COc1ccccc1CNCc1cc(Cl)c(OCc2ccc(F)cc2Cl)c(OC)c1. The predicted molar refractivity (Wildman–Crippen MR) is 117 cm³/mol. The van der Waals surface area contributed by atoms with Gasteiger partial charge in [0, 0.05) is 24.2 Å². The maximum absolute atomic E-state index is 13.2. The van der Waals surface area contributed by atoms with Crippen LogP contribution >= 0.6 is 23.2 Å². The molecule has 0 aliphatic heterocycles. The van der Waals surface area contributed by atoms with E-state index in [2.05, 4.69) is 5.32 Å². The smallest absolute Gasteiger partial charge is 0.180 e. The summed E-state index contributed by atoms with van der Waals surface area (Å²) >= 11 is 12.5. The molecule has 0 bridgehead atoms. The highest BCUT2D eigenvalue weighted by Gasteiger charge is 2.14. The van der Waals surface area contributed by atoms with Crippen molar-refractivity contribution in [3.8, 4) is 17.2 Å². The van der Waals surface area contributed by atoms with Gasteiger partial charge in [0.25, 0.3) is 0 Å². The Morgan fingerprint density at radius 3 is 2.33 bits per heavy atom. The van der Waals surface area contributed by atoms with E-state index in [1.165, 1.54) is 12.1 Å². The van der Waals surface area contributed by atoms with Crippen molar-refractivity contribution in [2.45, 2.75) is 19.7 Å². The number of nitrogens with one attached hydrogen (secondary N) is 1. The van der Waals surface area contributed by atoms with E-state index in [-0.39, 0.29) is 6.61 Å². The Bertz CT molecular complexity index is 1010. The quantitative estimate of drug-likeness (QED) is 0.433. The molecule has 0 saturated heterocycles. The van der Waals surface area contributed by atoms with Gasteiger partial charge in [-0.3, -0.25) is 0 Å². The standard InChI is InChI=1S/C23H22Cl2FNO3/c1-28-21-6-4-3-5-16(21)13-27-12-15-9-20(25)23(22(10-15)29-2)30-14-17-7-8-18(26)11-19(17)24/h3-11,27H,12-14H2,1-2H3. The minimum atomic E-state index is -0.399. The molecule has 0 atom stereocenters. The van der Waals surface area contributed by atoms with Crippen molar-refractivity contribution in [2.24, 2.45) is 0 Å². The lowest BCUT2D eigenvalue weighted by Crippen LogP contribution is -2.13. The molecule has 30 heavy (non-hydrogen) atoms. The average molecular weight is 450 g/mol. The van der Waals surface area contributed by atoms with Crippen molar-refractivity contribution in [3.05, 3.63) is 87.2 Å². The van der Waals surface area contributed by atoms with Crippen LogP contribution in [0.4, 0.5) is 4.39 Å². The first-order valence-corrected chi connectivity index (χ1v) is 10.0. The Labute approximate surface area is 185 Å².